The van der Waals surface area contributed by atoms with Crippen LogP contribution in [0.3, 0.4) is 0 Å². The van der Waals surface area contributed by atoms with Gasteiger partial charge in [0.25, 0.3) is 5.56 Å². The van der Waals surface area contributed by atoms with Crippen molar-refractivity contribution in [2.75, 3.05) is 39.3 Å². The maximum absolute atomic E-state index is 13.4. The first-order valence-corrected chi connectivity index (χ1v) is 11.9. The Hall–Kier alpha value is -2.78. The van der Waals surface area contributed by atoms with Gasteiger partial charge in [-0.2, -0.15) is 0 Å². The highest BCUT2D eigenvalue weighted by atomic mass is 16.5. The van der Waals surface area contributed by atoms with E-state index in [9.17, 15) is 4.79 Å². The number of tetrazole rings is 1. The number of nitrogens with zero attached hydrogens (tertiary/aromatic N) is 6. The fraction of sp³-hybridized carbons (Fsp3) is 0.583. The largest absolute Gasteiger partial charge is 0.494 e. The summed E-state index contributed by atoms with van der Waals surface area (Å²) in [5.74, 6) is 1.49. The van der Waals surface area contributed by atoms with Gasteiger partial charge in [-0.05, 0) is 68.4 Å². The molecule has 1 saturated heterocycles. The Bertz CT molecular complexity index is 1150. The number of aromatic nitrogens is 5. The Morgan fingerprint density at radius 2 is 1.88 bits per heavy atom. The van der Waals surface area contributed by atoms with Gasteiger partial charge < -0.3 is 14.6 Å². The van der Waals surface area contributed by atoms with E-state index in [0.717, 1.165) is 55.8 Å². The fourth-order valence-electron chi connectivity index (χ4n) is 4.44. The third-order valence-corrected chi connectivity index (χ3v) is 6.85. The maximum Gasteiger partial charge on any atom is 0.253 e. The molecule has 0 unspecified atom stereocenters. The monoisotopic (exact) mass is 453 g/mol. The number of fused-ring (bicyclic) bond motifs is 1. The average Bonchev–Trinajstić information content (AvgIpc) is 3.31. The van der Waals surface area contributed by atoms with Crippen molar-refractivity contribution in [1.29, 1.82) is 0 Å². The zero-order chi connectivity index (χ0) is 23.6. The van der Waals surface area contributed by atoms with Crippen LogP contribution < -0.4 is 10.3 Å². The molecule has 3 heterocycles. The number of rotatable bonds is 8. The molecule has 1 fully saturated rings. The molecule has 0 saturated carbocycles. The van der Waals surface area contributed by atoms with Crippen LogP contribution in [0.4, 0.5) is 0 Å². The van der Waals surface area contributed by atoms with Gasteiger partial charge >= 0.3 is 0 Å². The van der Waals surface area contributed by atoms with E-state index >= 15 is 0 Å². The number of ether oxygens (including phenoxy) is 1. The highest BCUT2D eigenvalue weighted by molar-refractivity contribution is 5.80. The number of benzene rings is 1. The first-order chi connectivity index (χ1) is 15.9. The summed E-state index contributed by atoms with van der Waals surface area (Å²) < 4.78 is 7.58. The van der Waals surface area contributed by atoms with Gasteiger partial charge in [0.1, 0.15) is 11.8 Å². The molecule has 9 heteroatoms. The number of piperazine rings is 1. The molecule has 0 spiro atoms. The summed E-state index contributed by atoms with van der Waals surface area (Å²) in [5.41, 5.74) is 1.06. The number of pyridine rings is 1. The quantitative estimate of drug-likeness (QED) is 0.561. The van der Waals surface area contributed by atoms with E-state index in [2.05, 4.69) is 58.0 Å². The minimum absolute atomic E-state index is 0.113. The summed E-state index contributed by atoms with van der Waals surface area (Å²) in [6.07, 6.45) is 0.868. The predicted octanol–water partition coefficient (Wildman–Crippen LogP) is 2.79. The second kappa shape index (κ2) is 9.61. The summed E-state index contributed by atoms with van der Waals surface area (Å²) >= 11 is 0. The third-order valence-electron chi connectivity index (χ3n) is 6.85. The van der Waals surface area contributed by atoms with Gasteiger partial charge in [-0.25, -0.2) is 4.68 Å². The van der Waals surface area contributed by atoms with Crippen molar-refractivity contribution in [1.82, 2.24) is 35.0 Å². The van der Waals surface area contributed by atoms with Crippen LogP contribution in [0, 0.1) is 0 Å². The summed E-state index contributed by atoms with van der Waals surface area (Å²) in [6, 6.07) is 7.39. The molecule has 1 aliphatic heterocycles. The molecule has 3 aromatic rings. The molecule has 4 rings (SSSR count). The zero-order valence-electron chi connectivity index (χ0n) is 20.3. The number of likely N-dealkylation sites (N-methyl/N-ethyl adjacent to an activating group) is 1. The SMILES string of the molecule is CCOc1ccc2[nH]c(=O)c([C@H](c3nnnn3C(C)(C)CC)N3CCN(CC)CC3)cc2c1. The lowest BCUT2D eigenvalue weighted by atomic mass is 9.99. The van der Waals surface area contributed by atoms with Gasteiger partial charge in [0.15, 0.2) is 5.82 Å². The zero-order valence-corrected chi connectivity index (χ0v) is 20.3. The Kier molecular flexibility index (Phi) is 6.81. The summed E-state index contributed by atoms with van der Waals surface area (Å²) in [4.78, 5) is 21.2. The van der Waals surface area contributed by atoms with E-state index in [1.54, 1.807) is 0 Å². The van der Waals surface area contributed by atoms with Gasteiger partial charge in [-0.3, -0.25) is 9.69 Å². The molecule has 0 amide bonds. The molecule has 1 N–H and O–H groups in total. The third kappa shape index (κ3) is 4.65. The maximum atomic E-state index is 13.4. The van der Waals surface area contributed by atoms with Crippen LogP contribution in [0.25, 0.3) is 10.9 Å². The first kappa shape index (κ1) is 23.4. The lowest BCUT2D eigenvalue weighted by molar-refractivity contribution is 0.105. The van der Waals surface area contributed by atoms with Crippen molar-refractivity contribution in [3.05, 3.63) is 46.0 Å². The topological polar surface area (TPSA) is 92.2 Å². The molecule has 1 aromatic carbocycles. The molecule has 9 nitrogen and oxygen atoms in total. The fourth-order valence-corrected chi connectivity index (χ4v) is 4.44. The van der Waals surface area contributed by atoms with Crippen LogP contribution in [0.15, 0.2) is 29.1 Å². The Morgan fingerprint density at radius 1 is 1.12 bits per heavy atom. The van der Waals surface area contributed by atoms with Crippen molar-refractivity contribution in [3.8, 4) is 5.75 Å². The van der Waals surface area contributed by atoms with Gasteiger partial charge in [0, 0.05) is 42.6 Å². The van der Waals surface area contributed by atoms with E-state index in [1.807, 2.05) is 35.9 Å². The lowest BCUT2D eigenvalue weighted by Gasteiger charge is -2.39. The van der Waals surface area contributed by atoms with Crippen LogP contribution >= 0.6 is 0 Å². The Labute approximate surface area is 194 Å². The van der Waals surface area contributed by atoms with Gasteiger partial charge in [-0.1, -0.05) is 13.8 Å². The molecule has 2 aromatic heterocycles. The van der Waals surface area contributed by atoms with Crippen molar-refractivity contribution in [3.63, 3.8) is 0 Å². The summed E-state index contributed by atoms with van der Waals surface area (Å²) in [5, 5.41) is 13.8. The number of hydrogen-bond acceptors (Lipinski definition) is 7. The molecule has 0 bridgehead atoms. The molecule has 1 aliphatic rings. The number of aromatic amines is 1. The Balaban J connectivity index is 1.85. The minimum Gasteiger partial charge on any atom is -0.494 e. The summed E-state index contributed by atoms with van der Waals surface area (Å²) in [7, 11) is 0. The molecule has 1 atom stereocenters. The molecule has 0 radical (unpaired) electrons. The standard InChI is InChI=1S/C24H35N7O2/c1-6-24(4,5)31-22(26-27-28-31)21(30-13-11-29(7-2)12-14-30)19-16-17-15-18(33-8-3)9-10-20(17)25-23(19)32/h9-10,15-16,21H,6-8,11-14H2,1-5H3,(H,25,32)/t21-/m1/s1. The highest BCUT2D eigenvalue weighted by Gasteiger charge is 2.35. The minimum atomic E-state index is -0.339. The number of hydrogen-bond donors (Lipinski definition) is 1. The molecular weight excluding hydrogens is 418 g/mol. The van der Waals surface area contributed by atoms with E-state index in [1.165, 1.54) is 0 Å². The van der Waals surface area contributed by atoms with Crippen LogP contribution in [0.1, 0.15) is 58.5 Å². The molecule has 178 valence electrons. The van der Waals surface area contributed by atoms with Crippen LogP contribution in [0.5, 0.6) is 5.75 Å². The average molecular weight is 454 g/mol. The molecule has 33 heavy (non-hydrogen) atoms. The second-order valence-electron chi connectivity index (χ2n) is 9.22. The second-order valence-corrected chi connectivity index (χ2v) is 9.22. The lowest BCUT2D eigenvalue weighted by Crippen LogP contribution is -2.49. The number of H-pyrrole nitrogens is 1. The van der Waals surface area contributed by atoms with Gasteiger partial charge in [-0.15, -0.1) is 5.10 Å². The Morgan fingerprint density at radius 3 is 2.55 bits per heavy atom. The smallest absolute Gasteiger partial charge is 0.253 e. The normalized spacial score (nSPS) is 16.9. The van der Waals surface area contributed by atoms with Crippen molar-refractivity contribution < 1.29 is 4.74 Å². The van der Waals surface area contributed by atoms with Crippen LogP contribution in [0.2, 0.25) is 0 Å². The van der Waals surface area contributed by atoms with Crippen molar-refractivity contribution in [2.45, 2.75) is 52.6 Å². The van der Waals surface area contributed by atoms with Gasteiger partial charge in [0.2, 0.25) is 0 Å². The van der Waals surface area contributed by atoms with E-state index < -0.39 is 0 Å². The number of nitrogens with one attached hydrogen (secondary N) is 1. The van der Waals surface area contributed by atoms with Crippen molar-refractivity contribution in [2.24, 2.45) is 0 Å². The van der Waals surface area contributed by atoms with Crippen LogP contribution in [-0.4, -0.2) is 74.3 Å². The van der Waals surface area contributed by atoms with Crippen molar-refractivity contribution >= 4 is 10.9 Å². The van der Waals surface area contributed by atoms with E-state index in [4.69, 9.17) is 4.74 Å². The molecular formula is C24H35N7O2. The highest BCUT2D eigenvalue weighted by Crippen LogP contribution is 2.31. The van der Waals surface area contributed by atoms with Crippen LogP contribution in [-0.2, 0) is 5.54 Å². The predicted molar refractivity (Wildman–Crippen MR) is 129 cm³/mol. The van der Waals surface area contributed by atoms with E-state index in [0.29, 0.717) is 18.0 Å². The molecule has 0 aliphatic carbocycles. The van der Waals surface area contributed by atoms with E-state index in [-0.39, 0.29) is 17.1 Å². The first-order valence-electron chi connectivity index (χ1n) is 11.9. The summed E-state index contributed by atoms with van der Waals surface area (Å²) in [6.45, 7) is 15.7. The van der Waals surface area contributed by atoms with Gasteiger partial charge in [0.05, 0.1) is 12.1 Å².